The van der Waals surface area contributed by atoms with E-state index in [0.717, 1.165) is 46.5 Å². The van der Waals surface area contributed by atoms with E-state index in [0.29, 0.717) is 28.6 Å². The molecule has 1 fully saturated rings. The molecule has 0 saturated carbocycles. The van der Waals surface area contributed by atoms with Crippen molar-refractivity contribution in [1.29, 1.82) is 0 Å². The Labute approximate surface area is 150 Å². The van der Waals surface area contributed by atoms with Crippen LogP contribution < -0.4 is 4.74 Å². The average Bonchev–Trinajstić information content (AvgIpc) is 3.29. The Morgan fingerprint density at radius 1 is 1.20 bits per heavy atom. The summed E-state index contributed by atoms with van der Waals surface area (Å²) in [6.07, 6.45) is 0.972. The summed E-state index contributed by atoms with van der Waals surface area (Å²) >= 11 is 5.33. The summed E-state index contributed by atoms with van der Waals surface area (Å²) in [5, 5.41) is 5.14. The summed E-state index contributed by atoms with van der Waals surface area (Å²) in [4.78, 5) is 0. The number of hydrogen-bond acceptors (Lipinski definition) is 6. The number of hydrogen-bond donors (Lipinski definition) is 0. The summed E-state index contributed by atoms with van der Waals surface area (Å²) in [7, 11) is 1.65. The molecule has 0 spiro atoms. The lowest BCUT2D eigenvalue weighted by Crippen LogP contribution is -1.96. The molecule has 2 aromatic heterocycles. The molecule has 0 amide bonds. The number of aromatic nitrogens is 1. The van der Waals surface area contributed by atoms with Gasteiger partial charge in [-0.15, -0.1) is 0 Å². The van der Waals surface area contributed by atoms with Gasteiger partial charge in [-0.25, -0.2) is 0 Å². The maximum Gasteiger partial charge on any atom is 0.193 e. The van der Waals surface area contributed by atoms with E-state index in [1.165, 1.54) is 0 Å². The fourth-order valence-corrected chi connectivity index (χ4v) is 3.49. The van der Waals surface area contributed by atoms with Crippen LogP contribution in [0, 0.1) is 18.6 Å². The maximum atomic E-state index is 5.84. The number of fused-ring (bicyclic) bond motifs is 1. The highest BCUT2D eigenvalue weighted by atomic mass is 32.1. The molecule has 5 nitrogen and oxygen atoms in total. The molecule has 0 bridgehead atoms. The Balaban J connectivity index is 1.85. The number of aryl methyl sites for hydroxylation is 1. The largest absolute Gasteiger partial charge is 0.496 e. The van der Waals surface area contributed by atoms with E-state index in [-0.39, 0.29) is 0 Å². The van der Waals surface area contributed by atoms with Crippen LogP contribution in [-0.2, 0) is 4.74 Å². The molecule has 1 unspecified atom stereocenters. The molecule has 0 N–H and O–H groups in total. The Bertz CT molecular complexity index is 999. The molecule has 1 atom stereocenters. The third-order valence-corrected chi connectivity index (χ3v) is 5.28. The van der Waals surface area contributed by atoms with Gasteiger partial charge >= 0.3 is 0 Å². The molecule has 3 aromatic rings. The number of methoxy groups -OCH3 is 1. The van der Waals surface area contributed by atoms with Crippen molar-refractivity contribution >= 4 is 23.2 Å². The highest BCUT2D eigenvalue weighted by Gasteiger charge is 2.22. The zero-order valence-electron chi connectivity index (χ0n) is 14.4. The molecular weight excluding hydrogens is 338 g/mol. The van der Waals surface area contributed by atoms with Crippen LogP contribution in [-0.4, -0.2) is 25.5 Å². The standard InChI is InChI=1S/C19H19NO4S/c1-10-11(2)19(25)23-17-7-13(6-16(21-3)18(10)17)15-8-14(20-24-15)12-4-5-22-9-12/h6-8,12H,4-5,9H2,1-3H3. The molecule has 1 aromatic carbocycles. The van der Waals surface area contributed by atoms with E-state index >= 15 is 0 Å². The predicted molar refractivity (Wildman–Crippen MR) is 96.7 cm³/mol. The predicted octanol–water partition coefficient (Wildman–Crippen LogP) is 4.95. The molecule has 6 heteroatoms. The van der Waals surface area contributed by atoms with Crippen LogP contribution in [0.4, 0.5) is 0 Å². The smallest absolute Gasteiger partial charge is 0.193 e. The first-order valence-electron chi connectivity index (χ1n) is 8.25. The average molecular weight is 357 g/mol. The monoisotopic (exact) mass is 357 g/mol. The number of rotatable bonds is 3. The van der Waals surface area contributed by atoms with Gasteiger partial charge < -0.3 is 18.4 Å². The lowest BCUT2D eigenvalue weighted by atomic mass is 10.0. The van der Waals surface area contributed by atoms with Gasteiger partial charge in [-0.2, -0.15) is 0 Å². The Morgan fingerprint density at radius 2 is 2.04 bits per heavy atom. The fraction of sp³-hybridized carbons (Fsp3) is 0.368. The molecule has 1 saturated heterocycles. The Kier molecular flexibility index (Phi) is 4.09. The van der Waals surface area contributed by atoms with Crippen molar-refractivity contribution in [2.45, 2.75) is 26.2 Å². The van der Waals surface area contributed by atoms with Crippen LogP contribution in [0.5, 0.6) is 5.75 Å². The highest BCUT2D eigenvalue weighted by Crippen LogP contribution is 2.37. The normalized spacial score (nSPS) is 17.3. The minimum absolute atomic E-state index is 0.300. The third kappa shape index (κ3) is 2.75. The molecule has 130 valence electrons. The van der Waals surface area contributed by atoms with Crippen molar-refractivity contribution in [3.8, 4) is 17.1 Å². The van der Waals surface area contributed by atoms with Crippen molar-refractivity contribution in [3.05, 3.63) is 39.7 Å². The molecule has 3 heterocycles. The van der Waals surface area contributed by atoms with Gasteiger partial charge in [0.25, 0.3) is 0 Å². The van der Waals surface area contributed by atoms with Crippen molar-refractivity contribution in [2.24, 2.45) is 0 Å². The van der Waals surface area contributed by atoms with Crippen molar-refractivity contribution in [3.63, 3.8) is 0 Å². The summed E-state index contributed by atoms with van der Waals surface area (Å²) in [6.45, 7) is 5.45. The second-order valence-electron chi connectivity index (χ2n) is 6.37. The second-order valence-corrected chi connectivity index (χ2v) is 6.74. The minimum atomic E-state index is 0.300. The van der Waals surface area contributed by atoms with E-state index in [1.807, 2.05) is 32.0 Å². The first-order valence-corrected chi connectivity index (χ1v) is 8.66. The van der Waals surface area contributed by atoms with Gasteiger partial charge in [-0.3, -0.25) is 0 Å². The number of ether oxygens (including phenoxy) is 2. The lowest BCUT2D eigenvalue weighted by molar-refractivity contribution is 0.193. The van der Waals surface area contributed by atoms with Crippen molar-refractivity contribution in [1.82, 2.24) is 5.16 Å². The van der Waals surface area contributed by atoms with Crippen LogP contribution >= 0.6 is 12.2 Å². The Hall–Kier alpha value is -2.18. The molecule has 0 radical (unpaired) electrons. The zero-order chi connectivity index (χ0) is 17.6. The van der Waals surface area contributed by atoms with Crippen LogP contribution in [0.15, 0.2) is 27.1 Å². The lowest BCUT2D eigenvalue weighted by Gasteiger charge is -2.11. The number of benzene rings is 1. The van der Waals surface area contributed by atoms with Crippen molar-refractivity contribution < 1.29 is 18.4 Å². The van der Waals surface area contributed by atoms with Gasteiger partial charge in [-0.05, 0) is 50.2 Å². The van der Waals surface area contributed by atoms with Gasteiger partial charge in [0.15, 0.2) is 10.5 Å². The SMILES string of the molecule is COc1cc(-c2cc(C3CCOC3)no2)cc2oc(=S)c(C)c(C)c12. The number of nitrogens with zero attached hydrogens (tertiary/aromatic N) is 1. The van der Waals surface area contributed by atoms with E-state index < -0.39 is 0 Å². The third-order valence-electron chi connectivity index (χ3n) is 4.89. The summed E-state index contributed by atoms with van der Waals surface area (Å²) < 4.78 is 22.9. The molecule has 1 aliphatic heterocycles. The molecular formula is C19H19NO4S. The highest BCUT2D eigenvalue weighted by molar-refractivity contribution is 7.71. The van der Waals surface area contributed by atoms with Gasteiger partial charge in [0.05, 0.1) is 24.8 Å². The second kappa shape index (κ2) is 6.28. The van der Waals surface area contributed by atoms with Crippen molar-refractivity contribution in [2.75, 3.05) is 20.3 Å². The van der Waals surface area contributed by atoms with Gasteiger partial charge in [0, 0.05) is 29.7 Å². The molecule has 0 aliphatic carbocycles. The van der Waals surface area contributed by atoms with Gasteiger partial charge in [0.2, 0.25) is 0 Å². The molecule has 1 aliphatic rings. The van der Waals surface area contributed by atoms with Crippen LogP contribution in [0.25, 0.3) is 22.3 Å². The topological polar surface area (TPSA) is 57.6 Å². The zero-order valence-corrected chi connectivity index (χ0v) is 15.2. The van der Waals surface area contributed by atoms with Gasteiger partial charge in [0.1, 0.15) is 11.3 Å². The molecule has 25 heavy (non-hydrogen) atoms. The first kappa shape index (κ1) is 16.3. The van der Waals surface area contributed by atoms with Crippen LogP contribution in [0.2, 0.25) is 0 Å². The van der Waals surface area contributed by atoms with E-state index in [1.54, 1.807) is 7.11 Å². The van der Waals surface area contributed by atoms with Gasteiger partial charge in [-0.1, -0.05) is 5.16 Å². The fourth-order valence-electron chi connectivity index (χ4n) is 3.25. The molecule has 4 rings (SSSR count). The first-order chi connectivity index (χ1) is 12.1. The van der Waals surface area contributed by atoms with E-state index in [9.17, 15) is 0 Å². The van der Waals surface area contributed by atoms with E-state index in [4.69, 9.17) is 30.6 Å². The summed E-state index contributed by atoms with van der Waals surface area (Å²) in [6, 6.07) is 5.84. The Morgan fingerprint density at radius 3 is 2.76 bits per heavy atom. The quantitative estimate of drug-likeness (QED) is 0.618. The summed E-state index contributed by atoms with van der Waals surface area (Å²) in [5.74, 6) is 1.71. The van der Waals surface area contributed by atoms with Crippen LogP contribution in [0.3, 0.4) is 0 Å². The summed E-state index contributed by atoms with van der Waals surface area (Å²) in [5.41, 5.74) is 4.48. The maximum absolute atomic E-state index is 5.84. The van der Waals surface area contributed by atoms with E-state index in [2.05, 4.69) is 5.16 Å². The van der Waals surface area contributed by atoms with Crippen LogP contribution in [0.1, 0.15) is 29.2 Å². The minimum Gasteiger partial charge on any atom is -0.496 e.